The predicted molar refractivity (Wildman–Crippen MR) is 122 cm³/mol. The third-order valence-electron chi connectivity index (χ3n) is 7.65. The summed E-state index contributed by atoms with van der Waals surface area (Å²) in [4.78, 5) is 10.9. The number of aliphatic carboxylic acids is 1. The van der Waals surface area contributed by atoms with Crippen molar-refractivity contribution in [2.24, 2.45) is 23.7 Å². The molecule has 7 rings (SSSR count). The first-order valence-electron chi connectivity index (χ1n) is 11.3. The molecule has 31 heavy (non-hydrogen) atoms. The van der Waals surface area contributed by atoms with Crippen molar-refractivity contribution in [2.75, 3.05) is 0 Å². The lowest BCUT2D eigenvalue weighted by Gasteiger charge is -2.52. The zero-order valence-corrected chi connectivity index (χ0v) is 17.4. The van der Waals surface area contributed by atoms with E-state index in [0.29, 0.717) is 11.8 Å². The van der Waals surface area contributed by atoms with Crippen molar-refractivity contribution < 1.29 is 9.90 Å². The van der Waals surface area contributed by atoms with Gasteiger partial charge >= 0.3 is 5.97 Å². The van der Waals surface area contributed by atoms with Crippen LogP contribution in [0.2, 0.25) is 0 Å². The van der Waals surface area contributed by atoms with E-state index in [9.17, 15) is 4.79 Å². The molecule has 1 heterocycles. The van der Waals surface area contributed by atoms with Crippen molar-refractivity contribution in [3.8, 4) is 0 Å². The summed E-state index contributed by atoms with van der Waals surface area (Å²) in [5.41, 5.74) is 7.54. The summed E-state index contributed by atoms with van der Waals surface area (Å²) >= 11 is 0. The second-order valence-corrected chi connectivity index (χ2v) is 9.60. The number of hydrogen-bond acceptors (Lipinski definition) is 2. The van der Waals surface area contributed by atoms with E-state index in [1.165, 1.54) is 54.9 Å². The fraction of sp³-hybridized carbons (Fsp3) is 0.333. The Balaban J connectivity index is 1.49. The number of H-pyrrole nitrogens is 1. The van der Waals surface area contributed by atoms with Gasteiger partial charge in [-0.3, -0.25) is 5.10 Å². The van der Waals surface area contributed by atoms with Gasteiger partial charge in [0.2, 0.25) is 0 Å². The standard InChI is InChI=1S/C27H26N2O2/c30-25(31)8-3-16-1-4-19(5-2-16)26(20-6-7-24-23(14-20)15-28-29-24)27-21-10-17-9-18(12-21)13-22(27)11-17/h1-8,14-15,17-18,21-22H,9-13H2,(H,28,29)(H,30,31)/b8-3+,27-26?/t17?,18?,21-,22-. The molecule has 0 aliphatic heterocycles. The molecule has 0 atom stereocenters. The molecule has 0 radical (unpaired) electrons. The molecule has 2 aromatic carbocycles. The first-order valence-corrected chi connectivity index (χ1v) is 11.3. The number of fused-ring (bicyclic) bond motifs is 1. The van der Waals surface area contributed by atoms with Crippen molar-refractivity contribution in [3.63, 3.8) is 0 Å². The first kappa shape index (κ1) is 18.6. The minimum atomic E-state index is -0.922. The molecular weight excluding hydrogens is 384 g/mol. The summed E-state index contributed by atoms with van der Waals surface area (Å²) in [6.45, 7) is 0. The number of aromatic amines is 1. The Hall–Kier alpha value is -3.14. The molecule has 4 heteroatoms. The Labute approximate surface area is 181 Å². The topological polar surface area (TPSA) is 66.0 Å². The van der Waals surface area contributed by atoms with Gasteiger partial charge in [0, 0.05) is 11.5 Å². The Morgan fingerprint density at radius 1 is 0.935 bits per heavy atom. The molecule has 4 fully saturated rings. The SMILES string of the molecule is O=C(O)/C=C/c1ccc(C(c2ccc3[nH]ncc3c2)=C2[C@H]3CC4CC(C3)C[C@@H]2C4)cc1. The van der Waals surface area contributed by atoms with Gasteiger partial charge in [0.05, 0.1) is 11.7 Å². The van der Waals surface area contributed by atoms with E-state index in [1.807, 2.05) is 18.3 Å². The number of rotatable bonds is 4. The Morgan fingerprint density at radius 3 is 2.29 bits per heavy atom. The van der Waals surface area contributed by atoms with Gasteiger partial charge in [-0.25, -0.2) is 4.79 Å². The van der Waals surface area contributed by atoms with Crippen molar-refractivity contribution in [2.45, 2.75) is 32.1 Å². The largest absolute Gasteiger partial charge is 0.478 e. The molecule has 2 N–H and O–H groups in total. The molecule has 4 nitrogen and oxygen atoms in total. The lowest BCUT2D eigenvalue weighted by molar-refractivity contribution is -0.131. The molecule has 156 valence electrons. The summed E-state index contributed by atoms with van der Waals surface area (Å²) in [5.74, 6) is 2.34. The third kappa shape index (κ3) is 3.31. The van der Waals surface area contributed by atoms with Crippen molar-refractivity contribution in [3.05, 3.63) is 77.0 Å². The second kappa shape index (κ2) is 7.23. The molecule has 4 bridgehead atoms. The maximum atomic E-state index is 10.9. The number of aromatic nitrogens is 2. The van der Waals surface area contributed by atoms with Crippen LogP contribution in [-0.2, 0) is 4.79 Å². The molecule has 0 saturated heterocycles. The van der Waals surface area contributed by atoms with Crippen LogP contribution in [0.25, 0.3) is 22.6 Å². The van der Waals surface area contributed by atoms with E-state index in [2.05, 4.69) is 40.5 Å². The average Bonchev–Trinajstić information content (AvgIpc) is 3.23. The van der Waals surface area contributed by atoms with E-state index in [4.69, 9.17) is 5.11 Å². The molecule has 1 aromatic heterocycles. The molecule has 4 aliphatic rings. The molecule has 0 amide bonds. The second-order valence-electron chi connectivity index (χ2n) is 9.60. The monoisotopic (exact) mass is 410 g/mol. The van der Waals surface area contributed by atoms with E-state index in [-0.39, 0.29) is 0 Å². The molecule has 0 spiro atoms. The molecule has 3 aromatic rings. The lowest BCUT2D eigenvalue weighted by atomic mass is 9.53. The number of carboxylic acid groups (broad SMARTS) is 1. The number of carboxylic acids is 1. The number of carbonyl (C=O) groups is 1. The maximum Gasteiger partial charge on any atom is 0.328 e. The number of nitrogens with zero attached hydrogens (tertiary/aromatic N) is 1. The van der Waals surface area contributed by atoms with Gasteiger partial charge < -0.3 is 5.11 Å². The average molecular weight is 411 g/mol. The van der Waals surface area contributed by atoms with Gasteiger partial charge in [0.25, 0.3) is 0 Å². The number of nitrogens with one attached hydrogen (secondary N) is 1. The normalized spacial score (nSPS) is 26.8. The zero-order chi connectivity index (χ0) is 20.9. The summed E-state index contributed by atoms with van der Waals surface area (Å²) in [7, 11) is 0. The fourth-order valence-electron chi connectivity index (χ4n) is 6.63. The summed E-state index contributed by atoms with van der Waals surface area (Å²) < 4.78 is 0. The molecule has 4 saturated carbocycles. The van der Waals surface area contributed by atoms with Gasteiger partial charge in [-0.2, -0.15) is 5.10 Å². The van der Waals surface area contributed by atoms with Crippen LogP contribution in [0.3, 0.4) is 0 Å². The number of hydrogen-bond donors (Lipinski definition) is 2. The highest BCUT2D eigenvalue weighted by Crippen LogP contribution is 2.58. The van der Waals surface area contributed by atoms with Crippen LogP contribution < -0.4 is 0 Å². The lowest BCUT2D eigenvalue weighted by Crippen LogP contribution is -2.40. The van der Waals surface area contributed by atoms with E-state index in [1.54, 1.807) is 11.6 Å². The van der Waals surface area contributed by atoms with Crippen LogP contribution in [0.4, 0.5) is 0 Å². The zero-order valence-electron chi connectivity index (χ0n) is 17.4. The first-order chi connectivity index (χ1) is 15.1. The molecule has 4 aliphatic carbocycles. The van der Waals surface area contributed by atoms with Crippen LogP contribution >= 0.6 is 0 Å². The van der Waals surface area contributed by atoms with Gasteiger partial charge in [-0.1, -0.05) is 35.9 Å². The van der Waals surface area contributed by atoms with Crippen LogP contribution in [-0.4, -0.2) is 21.3 Å². The van der Waals surface area contributed by atoms with Gasteiger partial charge in [0.1, 0.15) is 0 Å². The van der Waals surface area contributed by atoms with E-state index in [0.717, 1.165) is 28.3 Å². The van der Waals surface area contributed by atoms with Crippen LogP contribution in [0.15, 0.2) is 60.3 Å². The minimum Gasteiger partial charge on any atom is -0.478 e. The summed E-state index contributed by atoms with van der Waals surface area (Å²) in [6.07, 6.45) is 11.6. The number of allylic oxidation sites excluding steroid dienone is 1. The Kier molecular flexibility index (Phi) is 4.34. The smallest absolute Gasteiger partial charge is 0.328 e. The van der Waals surface area contributed by atoms with E-state index >= 15 is 0 Å². The number of benzene rings is 2. The van der Waals surface area contributed by atoms with Crippen molar-refractivity contribution in [1.82, 2.24) is 10.2 Å². The maximum absolute atomic E-state index is 10.9. The van der Waals surface area contributed by atoms with Gasteiger partial charge in [0.15, 0.2) is 0 Å². The van der Waals surface area contributed by atoms with E-state index < -0.39 is 5.97 Å². The van der Waals surface area contributed by atoms with Crippen molar-refractivity contribution in [1.29, 1.82) is 0 Å². The van der Waals surface area contributed by atoms with Crippen molar-refractivity contribution >= 4 is 28.5 Å². The van der Waals surface area contributed by atoms with Crippen LogP contribution in [0.1, 0.15) is 48.8 Å². The van der Waals surface area contributed by atoms with Crippen LogP contribution in [0.5, 0.6) is 0 Å². The highest BCUT2D eigenvalue weighted by molar-refractivity contribution is 5.89. The molecule has 0 unspecified atom stereocenters. The Bertz CT molecular complexity index is 1190. The molecular formula is C27H26N2O2. The van der Waals surface area contributed by atoms with Crippen LogP contribution in [0, 0.1) is 23.7 Å². The Morgan fingerprint density at radius 2 is 1.61 bits per heavy atom. The summed E-state index contributed by atoms with van der Waals surface area (Å²) in [5, 5.41) is 17.3. The quantitative estimate of drug-likeness (QED) is 0.525. The highest BCUT2D eigenvalue weighted by atomic mass is 16.4. The third-order valence-corrected chi connectivity index (χ3v) is 7.65. The van der Waals surface area contributed by atoms with Gasteiger partial charge in [-0.05, 0) is 96.2 Å². The predicted octanol–water partition coefficient (Wildman–Crippen LogP) is 5.92. The minimum absolute atomic E-state index is 0.706. The highest BCUT2D eigenvalue weighted by Gasteiger charge is 2.46. The van der Waals surface area contributed by atoms with Gasteiger partial charge in [-0.15, -0.1) is 0 Å². The summed E-state index contributed by atoms with van der Waals surface area (Å²) in [6, 6.07) is 15.0. The fourth-order valence-corrected chi connectivity index (χ4v) is 6.63.